The van der Waals surface area contributed by atoms with Gasteiger partial charge in [-0.2, -0.15) is 0 Å². The maximum atomic E-state index is 13.5. The molecular weight excluding hydrogens is 502 g/mol. The van der Waals surface area contributed by atoms with Crippen LogP contribution >= 0.6 is 0 Å². The molecule has 38 heavy (non-hydrogen) atoms. The zero-order valence-corrected chi connectivity index (χ0v) is 24.4. The molecule has 2 aromatic rings. The Labute approximate surface area is 228 Å². The van der Waals surface area contributed by atoms with Crippen LogP contribution in [0.3, 0.4) is 0 Å². The molecule has 0 saturated heterocycles. The van der Waals surface area contributed by atoms with Gasteiger partial charge in [0.2, 0.25) is 21.8 Å². The van der Waals surface area contributed by atoms with E-state index in [0.29, 0.717) is 37.4 Å². The molecule has 0 saturated carbocycles. The van der Waals surface area contributed by atoms with E-state index < -0.39 is 16.1 Å². The maximum Gasteiger partial charge on any atom is 0.243 e. The van der Waals surface area contributed by atoms with Crippen molar-refractivity contribution < 1.29 is 22.7 Å². The highest BCUT2D eigenvalue weighted by Crippen LogP contribution is 2.23. The second kappa shape index (κ2) is 14.8. The molecular formula is C29H43N3O5S. The Hall–Kier alpha value is -3.07. The molecule has 0 bridgehead atoms. The Kier molecular flexibility index (Phi) is 12.1. The van der Waals surface area contributed by atoms with E-state index in [1.54, 1.807) is 29.2 Å². The van der Waals surface area contributed by atoms with Gasteiger partial charge in [-0.1, -0.05) is 43.7 Å². The zero-order chi connectivity index (χ0) is 28.3. The SMILES string of the molecule is CCOc1ccc(N(CCCC(=O)N(Cc2cccc(C)c2)[C@H](CC)C(=O)N[C@@H](C)CC)S(C)(=O)=O)cc1. The number of rotatable bonds is 15. The number of carbonyl (C=O) groups excluding carboxylic acids is 2. The van der Waals surface area contributed by atoms with Gasteiger partial charge in [-0.25, -0.2) is 8.42 Å². The molecule has 9 heteroatoms. The second-order valence-corrected chi connectivity index (χ2v) is 11.5. The fourth-order valence-corrected chi connectivity index (χ4v) is 5.21. The molecule has 0 unspecified atom stereocenters. The normalized spacial score (nSPS) is 12.9. The lowest BCUT2D eigenvalue weighted by atomic mass is 10.1. The summed E-state index contributed by atoms with van der Waals surface area (Å²) in [5.41, 5.74) is 2.53. The fourth-order valence-electron chi connectivity index (χ4n) is 4.25. The van der Waals surface area contributed by atoms with Crippen molar-refractivity contribution in [3.05, 3.63) is 59.7 Å². The standard InChI is InChI=1S/C29H43N3O5S/c1-7-23(5)30-29(34)27(8-2)31(21-24-13-10-12-22(4)20-24)28(33)14-11-19-32(38(6,35)36)25-15-17-26(18-16-25)37-9-3/h10,12-13,15-18,20,23,27H,7-9,11,14,19,21H2,1-6H3,(H,30,34)/t23-,27+/m0/s1. The van der Waals surface area contributed by atoms with E-state index in [4.69, 9.17) is 4.74 Å². The van der Waals surface area contributed by atoms with Crippen molar-refractivity contribution in [1.29, 1.82) is 0 Å². The van der Waals surface area contributed by atoms with Gasteiger partial charge in [-0.3, -0.25) is 13.9 Å². The van der Waals surface area contributed by atoms with Crippen LogP contribution in [0.25, 0.3) is 0 Å². The molecule has 2 atom stereocenters. The minimum atomic E-state index is -3.56. The molecule has 2 amide bonds. The van der Waals surface area contributed by atoms with E-state index in [-0.39, 0.29) is 30.8 Å². The number of amides is 2. The molecule has 0 aromatic heterocycles. The van der Waals surface area contributed by atoms with Gasteiger partial charge in [0.15, 0.2) is 0 Å². The molecule has 0 radical (unpaired) electrons. The van der Waals surface area contributed by atoms with Crippen LogP contribution in [0.15, 0.2) is 48.5 Å². The van der Waals surface area contributed by atoms with Crippen molar-refractivity contribution in [2.45, 2.75) is 78.9 Å². The van der Waals surface area contributed by atoms with Gasteiger partial charge in [0.25, 0.3) is 0 Å². The van der Waals surface area contributed by atoms with Crippen molar-refractivity contribution in [1.82, 2.24) is 10.2 Å². The summed E-state index contributed by atoms with van der Waals surface area (Å²) >= 11 is 0. The summed E-state index contributed by atoms with van der Waals surface area (Å²) in [6.45, 7) is 10.7. The van der Waals surface area contributed by atoms with E-state index in [0.717, 1.165) is 23.8 Å². The van der Waals surface area contributed by atoms with E-state index in [1.165, 1.54) is 4.31 Å². The van der Waals surface area contributed by atoms with Gasteiger partial charge >= 0.3 is 0 Å². The minimum absolute atomic E-state index is 0.00454. The van der Waals surface area contributed by atoms with Crippen LogP contribution in [0.5, 0.6) is 5.75 Å². The minimum Gasteiger partial charge on any atom is -0.494 e. The van der Waals surface area contributed by atoms with Crippen molar-refractivity contribution in [3.63, 3.8) is 0 Å². The molecule has 2 rings (SSSR count). The number of hydrogen-bond donors (Lipinski definition) is 1. The third-order valence-electron chi connectivity index (χ3n) is 6.41. The monoisotopic (exact) mass is 545 g/mol. The first-order chi connectivity index (χ1) is 18.0. The highest BCUT2D eigenvalue weighted by Gasteiger charge is 2.29. The summed E-state index contributed by atoms with van der Waals surface area (Å²) in [5, 5.41) is 3.01. The van der Waals surface area contributed by atoms with Gasteiger partial charge in [0, 0.05) is 25.6 Å². The number of nitrogens with zero attached hydrogens (tertiary/aromatic N) is 2. The molecule has 0 spiro atoms. The molecule has 210 valence electrons. The quantitative estimate of drug-likeness (QED) is 0.351. The average Bonchev–Trinajstić information content (AvgIpc) is 2.86. The zero-order valence-electron chi connectivity index (χ0n) is 23.6. The molecule has 0 fully saturated rings. The summed E-state index contributed by atoms with van der Waals surface area (Å²) in [6.07, 6.45) is 2.85. The van der Waals surface area contributed by atoms with Crippen LogP contribution < -0.4 is 14.4 Å². The van der Waals surface area contributed by atoms with Crippen LogP contribution in [-0.4, -0.2) is 56.6 Å². The number of nitrogens with one attached hydrogen (secondary N) is 1. The predicted molar refractivity (Wildman–Crippen MR) is 153 cm³/mol. The number of anilines is 1. The van der Waals surface area contributed by atoms with Gasteiger partial charge < -0.3 is 15.0 Å². The first-order valence-corrected chi connectivity index (χ1v) is 15.2. The molecule has 8 nitrogen and oxygen atoms in total. The van der Waals surface area contributed by atoms with E-state index in [9.17, 15) is 18.0 Å². The first kappa shape index (κ1) is 31.1. The smallest absolute Gasteiger partial charge is 0.243 e. The number of aryl methyl sites for hydroxylation is 1. The number of benzene rings is 2. The number of sulfonamides is 1. The van der Waals surface area contributed by atoms with Gasteiger partial charge in [0.1, 0.15) is 11.8 Å². The third kappa shape index (κ3) is 9.35. The lowest BCUT2D eigenvalue weighted by Gasteiger charge is -2.32. The number of carbonyl (C=O) groups is 2. The largest absolute Gasteiger partial charge is 0.494 e. The average molecular weight is 546 g/mol. The lowest BCUT2D eigenvalue weighted by Crippen LogP contribution is -2.50. The summed E-state index contributed by atoms with van der Waals surface area (Å²) in [4.78, 5) is 28.3. The van der Waals surface area contributed by atoms with E-state index >= 15 is 0 Å². The number of ether oxygens (including phenoxy) is 1. The Bertz CT molecular complexity index is 1150. The van der Waals surface area contributed by atoms with Crippen molar-refractivity contribution in [2.75, 3.05) is 23.7 Å². The fraction of sp³-hybridized carbons (Fsp3) is 0.517. The topological polar surface area (TPSA) is 96.0 Å². The second-order valence-electron chi connectivity index (χ2n) is 9.62. The maximum absolute atomic E-state index is 13.5. The van der Waals surface area contributed by atoms with E-state index in [2.05, 4.69) is 5.32 Å². The van der Waals surface area contributed by atoms with Crippen molar-refractivity contribution in [2.24, 2.45) is 0 Å². The highest BCUT2D eigenvalue weighted by molar-refractivity contribution is 7.92. The molecule has 0 heterocycles. The third-order valence-corrected chi connectivity index (χ3v) is 7.60. The van der Waals surface area contributed by atoms with Crippen molar-refractivity contribution in [3.8, 4) is 5.75 Å². The van der Waals surface area contributed by atoms with Crippen LogP contribution in [0.1, 0.15) is 64.5 Å². The van der Waals surface area contributed by atoms with Gasteiger partial charge in [-0.15, -0.1) is 0 Å². The molecule has 0 aliphatic rings. The number of hydrogen-bond acceptors (Lipinski definition) is 5. The summed E-state index contributed by atoms with van der Waals surface area (Å²) in [5.74, 6) is 0.306. The van der Waals surface area contributed by atoms with Crippen LogP contribution in [0.4, 0.5) is 5.69 Å². The Balaban J connectivity index is 2.21. The van der Waals surface area contributed by atoms with E-state index in [1.807, 2.05) is 58.9 Å². The first-order valence-electron chi connectivity index (χ1n) is 13.4. The lowest BCUT2D eigenvalue weighted by molar-refractivity contribution is -0.141. The molecule has 1 N–H and O–H groups in total. The Morgan fingerprint density at radius 3 is 2.26 bits per heavy atom. The molecule has 0 aliphatic heterocycles. The van der Waals surface area contributed by atoms with Gasteiger partial charge in [-0.05, 0) is 69.9 Å². The van der Waals surface area contributed by atoms with Crippen LogP contribution in [0, 0.1) is 6.92 Å². The highest BCUT2D eigenvalue weighted by atomic mass is 32.2. The van der Waals surface area contributed by atoms with Crippen molar-refractivity contribution >= 4 is 27.5 Å². The molecule has 2 aromatic carbocycles. The molecule has 0 aliphatic carbocycles. The van der Waals surface area contributed by atoms with Gasteiger partial charge in [0.05, 0.1) is 18.6 Å². The Morgan fingerprint density at radius 1 is 1.03 bits per heavy atom. The predicted octanol–water partition coefficient (Wildman–Crippen LogP) is 4.66. The Morgan fingerprint density at radius 2 is 1.71 bits per heavy atom. The van der Waals surface area contributed by atoms with Crippen LogP contribution in [-0.2, 0) is 26.2 Å². The summed E-state index contributed by atoms with van der Waals surface area (Å²) in [7, 11) is -3.56. The van der Waals surface area contributed by atoms with Crippen LogP contribution in [0.2, 0.25) is 0 Å². The summed E-state index contributed by atoms with van der Waals surface area (Å²) < 4.78 is 31.8. The summed E-state index contributed by atoms with van der Waals surface area (Å²) in [6, 6.07) is 14.1.